The third-order valence-corrected chi connectivity index (χ3v) is 7.63. The van der Waals surface area contributed by atoms with Crippen molar-refractivity contribution in [2.24, 2.45) is 11.5 Å². The molecule has 262 valence electrons. The smallest absolute Gasteiger partial charge is 0.408 e. The number of alkyl carbamates (subject to hydrolysis) is 1. The molecule has 0 aliphatic heterocycles. The lowest BCUT2D eigenvalue weighted by molar-refractivity contribution is -0.143. The summed E-state index contributed by atoms with van der Waals surface area (Å²) < 4.78 is 5.38. The van der Waals surface area contributed by atoms with Crippen LogP contribution in [0.15, 0.2) is 91.0 Å². The summed E-state index contributed by atoms with van der Waals surface area (Å²) in [6, 6.07) is 23.6. The van der Waals surface area contributed by atoms with Gasteiger partial charge in [-0.15, -0.1) is 0 Å². The second kappa shape index (κ2) is 20.9. The van der Waals surface area contributed by atoms with Gasteiger partial charge in [-0.25, -0.2) is 9.59 Å². The van der Waals surface area contributed by atoms with Crippen LogP contribution in [0.25, 0.3) is 0 Å². The number of nitrogens with zero attached hydrogens (tertiary/aromatic N) is 1. The van der Waals surface area contributed by atoms with Crippen molar-refractivity contribution in [1.82, 2.24) is 20.9 Å². The quantitative estimate of drug-likeness (QED) is 0.0964. The summed E-state index contributed by atoms with van der Waals surface area (Å²) >= 11 is 0. The second-order valence-corrected chi connectivity index (χ2v) is 11.5. The highest BCUT2D eigenvalue weighted by Gasteiger charge is 2.30. The Morgan fingerprint density at radius 1 is 0.755 bits per heavy atom. The summed E-state index contributed by atoms with van der Waals surface area (Å²) in [6.07, 6.45) is 1.09. The van der Waals surface area contributed by atoms with Crippen LogP contribution in [0.5, 0.6) is 0 Å². The number of aliphatic carboxylic acids is 1. The van der Waals surface area contributed by atoms with Gasteiger partial charge >= 0.3 is 12.1 Å². The van der Waals surface area contributed by atoms with Gasteiger partial charge < -0.3 is 42.2 Å². The predicted octanol–water partition coefficient (Wildman–Crippen LogP) is 1.74. The topological polar surface area (TPSA) is 206 Å². The van der Waals surface area contributed by atoms with Gasteiger partial charge in [-0.05, 0) is 36.1 Å². The fraction of sp³-hybridized carbons (Fsp3) is 0.361. The van der Waals surface area contributed by atoms with E-state index >= 15 is 0 Å². The summed E-state index contributed by atoms with van der Waals surface area (Å²) in [5.41, 5.74) is 13.7. The van der Waals surface area contributed by atoms with Crippen molar-refractivity contribution in [3.63, 3.8) is 0 Å². The summed E-state index contributed by atoms with van der Waals surface area (Å²) in [5.74, 6) is -3.03. The first-order valence-corrected chi connectivity index (χ1v) is 16.3. The van der Waals surface area contributed by atoms with Crippen molar-refractivity contribution in [3.05, 3.63) is 108 Å². The van der Waals surface area contributed by atoms with Crippen molar-refractivity contribution in [2.45, 2.75) is 56.8 Å². The number of carboxylic acid groups (broad SMARTS) is 1. The third kappa shape index (κ3) is 14.2. The molecule has 0 aliphatic rings. The van der Waals surface area contributed by atoms with Gasteiger partial charge in [-0.1, -0.05) is 97.4 Å². The van der Waals surface area contributed by atoms with Crippen LogP contribution in [0, 0.1) is 0 Å². The Bertz CT molecular complexity index is 1480. The van der Waals surface area contributed by atoms with Gasteiger partial charge in [0.1, 0.15) is 18.7 Å². The fourth-order valence-corrected chi connectivity index (χ4v) is 4.99. The molecule has 0 aliphatic carbocycles. The molecule has 0 saturated carbocycles. The molecular formula is C36H46N6O7. The minimum atomic E-state index is -1.26. The summed E-state index contributed by atoms with van der Waals surface area (Å²) in [4.78, 5) is 66.1. The lowest BCUT2D eigenvalue weighted by Gasteiger charge is -2.28. The molecule has 0 spiro atoms. The zero-order valence-electron chi connectivity index (χ0n) is 27.5. The van der Waals surface area contributed by atoms with E-state index in [1.54, 1.807) is 66.7 Å². The van der Waals surface area contributed by atoms with Gasteiger partial charge in [0.25, 0.3) is 0 Å². The minimum absolute atomic E-state index is 0.0272. The van der Waals surface area contributed by atoms with Crippen molar-refractivity contribution in [3.8, 4) is 0 Å². The van der Waals surface area contributed by atoms with Crippen LogP contribution in [-0.4, -0.2) is 84.1 Å². The lowest BCUT2D eigenvalue weighted by atomic mass is 10.0. The van der Waals surface area contributed by atoms with Gasteiger partial charge in [0.2, 0.25) is 17.7 Å². The van der Waals surface area contributed by atoms with Crippen LogP contribution in [0.4, 0.5) is 4.79 Å². The van der Waals surface area contributed by atoms with Crippen LogP contribution in [-0.2, 0) is 43.4 Å². The summed E-state index contributed by atoms with van der Waals surface area (Å²) in [7, 11) is 0. The van der Waals surface area contributed by atoms with Crippen molar-refractivity contribution in [2.75, 3.05) is 26.2 Å². The van der Waals surface area contributed by atoms with E-state index in [1.165, 1.54) is 4.90 Å². The number of nitrogens with two attached hydrogens (primary N) is 2. The van der Waals surface area contributed by atoms with Crippen LogP contribution in [0.1, 0.15) is 36.0 Å². The van der Waals surface area contributed by atoms with E-state index < -0.39 is 54.5 Å². The van der Waals surface area contributed by atoms with Gasteiger partial charge in [0.15, 0.2) is 0 Å². The Morgan fingerprint density at radius 2 is 1.31 bits per heavy atom. The number of rotatable bonds is 20. The number of nitrogens with one attached hydrogen (secondary N) is 3. The molecule has 0 aromatic heterocycles. The van der Waals surface area contributed by atoms with E-state index in [0.29, 0.717) is 24.9 Å². The summed E-state index contributed by atoms with van der Waals surface area (Å²) in [6.45, 7) is -0.261. The minimum Gasteiger partial charge on any atom is -0.480 e. The second-order valence-electron chi connectivity index (χ2n) is 11.5. The zero-order chi connectivity index (χ0) is 35.4. The highest BCUT2D eigenvalue weighted by Crippen LogP contribution is 2.09. The Labute approximate surface area is 286 Å². The van der Waals surface area contributed by atoms with Gasteiger partial charge in [-0.2, -0.15) is 0 Å². The monoisotopic (exact) mass is 674 g/mol. The van der Waals surface area contributed by atoms with Crippen LogP contribution < -0.4 is 27.4 Å². The molecule has 13 heteroatoms. The number of benzene rings is 3. The first-order valence-electron chi connectivity index (χ1n) is 16.3. The number of ether oxygens (including phenoxy) is 1. The van der Waals surface area contributed by atoms with Gasteiger partial charge in [0.05, 0.1) is 12.6 Å². The largest absolute Gasteiger partial charge is 0.480 e. The molecule has 13 nitrogen and oxygen atoms in total. The molecule has 3 aromatic carbocycles. The van der Waals surface area contributed by atoms with Crippen LogP contribution >= 0.6 is 0 Å². The molecule has 0 fully saturated rings. The van der Waals surface area contributed by atoms with Crippen molar-refractivity contribution < 1.29 is 33.8 Å². The molecule has 0 unspecified atom stereocenters. The standard InChI is InChI=1S/C36H46N6O7/c37-19-11-10-18-29(38)33(44)39-20-21-42(24-32(43)40-31(35(46)47)23-27-14-6-2-7-15-27)34(45)30(22-26-12-4-1-5-13-26)41-36(48)49-25-28-16-8-3-9-17-28/h1-9,12-17,29-31H,10-11,18-25,37-38H2,(H,39,44)(H,40,43)(H,41,48)(H,46,47)/t29-,30-,31-/m0/s1. The number of hydrogen-bond donors (Lipinski definition) is 6. The SMILES string of the molecule is NCCCC[C@H](N)C(=O)NCCN(CC(=O)N[C@@H](Cc1ccccc1)C(=O)O)C(=O)[C@H](Cc1ccccc1)NC(=O)OCc1ccccc1. The van der Waals surface area contributed by atoms with E-state index in [1.807, 2.05) is 24.3 Å². The molecule has 0 radical (unpaired) electrons. The highest BCUT2D eigenvalue weighted by atomic mass is 16.5. The molecule has 0 heterocycles. The molecule has 3 atom stereocenters. The molecule has 3 rings (SSSR count). The number of carbonyl (C=O) groups is 5. The molecule has 4 amide bonds. The number of amides is 4. The normalized spacial score (nSPS) is 12.5. The maximum absolute atomic E-state index is 14.1. The molecule has 8 N–H and O–H groups in total. The Morgan fingerprint density at radius 3 is 1.86 bits per heavy atom. The highest BCUT2D eigenvalue weighted by molar-refractivity contribution is 5.91. The number of carboxylic acids is 1. The first kappa shape index (κ1) is 38.2. The zero-order valence-corrected chi connectivity index (χ0v) is 27.5. The fourth-order valence-electron chi connectivity index (χ4n) is 4.99. The van der Waals surface area contributed by atoms with E-state index in [2.05, 4.69) is 16.0 Å². The maximum Gasteiger partial charge on any atom is 0.408 e. The Balaban J connectivity index is 1.77. The lowest BCUT2D eigenvalue weighted by Crippen LogP contribution is -2.55. The van der Waals surface area contributed by atoms with Crippen molar-refractivity contribution in [1.29, 1.82) is 0 Å². The summed E-state index contributed by atoms with van der Waals surface area (Å²) in [5, 5.41) is 17.7. The molecule has 0 saturated heterocycles. The first-order chi connectivity index (χ1) is 23.7. The number of hydrogen-bond acceptors (Lipinski definition) is 8. The van der Waals surface area contributed by atoms with E-state index in [4.69, 9.17) is 16.2 Å². The average molecular weight is 675 g/mol. The predicted molar refractivity (Wildman–Crippen MR) is 184 cm³/mol. The molecule has 49 heavy (non-hydrogen) atoms. The molecular weight excluding hydrogens is 628 g/mol. The molecule has 0 bridgehead atoms. The van der Waals surface area contributed by atoms with Crippen molar-refractivity contribution >= 4 is 29.8 Å². The average Bonchev–Trinajstić information content (AvgIpc) is 3.10. The van der Waals surface area contributed by atoms with Gasteiger partial charge in [0, 0.05) is 25.9 Å². The Hall–Kier alpha value is -5.27. The third-order valence-electron chi connectivity index (χ3n) is 7.63. The van der Waals surface area contributed by atoms with E-state index in [-0.39, 0.29) is 32.5 Å². The van der Waals surface area contributed by atoms with E-state index in [9.17, 15) is 29.1 Å². The number of unbranched alkanes of at least 4 members (excludes halogenated alkanes) is 1. The van der Waals surface area contributed by atoms with Gasteiger partial charge in [-0.3, -0.25) is 14.4 Å². The molecule has 3 aromatic rings. The maximum atomic E-state index is 14.1. The van der Waals surface area contributed by atoms with Crippen LogP contribution in [0.3, 0.4) is 0 Å². The number of carbonyl (C=O) groups excluding carboxylic acids is 4. The van der Waals surface area contributed by atoms with E-state index in [0.717, 1.165) is 17.5 Å². The van der Waals surface area contributed by atoms with Crippen LogP contribution in [0.2, 0.25) is 0 Å². The Kier molecular flexibility index (Phi) is 16.3.